The Balaban J connectivity index is 2.87. The minimum atomic E-state index is -0.994. The minimum Gasteiger partial charge on any atom is -0.481 e. The number of rotatable bonds is 3. The van der Waals surface area contributed by atoms with Crippen molar-refractivity contribution in [3.05, 3.63) is 0 Å². The number of hydrogen-bond donors (Lipinski definition) is 1. The van der Waals surface area contributed by atoms with Crippen molar-refractivity contribution in [2.45, 2.75) is 72.0 Å². The maximum atomic E-state index is 12.3. The second-order valence-corrected chi connectivity index (χ2v) is 8.20. The average Bonchev–Trinajstić information content (AvgIpc) is 2.34. The third-order valence-corrected chi connectivity index (χ3v) is 3.54. The van der Waals surface area contributed by atoms with Gasteiger partial charge in [0.1, 0.15) is 11.2 Å². The summed E-state index contributed by atoms with van der Waals surface area (Å²) < 4.78 is 10.7. The highest BCUT2D eigenvalue weighted by atomic mass is 16.6. The van der Waals surface area contributed by atoms with Crippen molar-refractivity contribution in [1.29, 1.82) is 0 Å². The first-order chi connectivity index (χ1) is 10.3. The van der Waals surface area contributed by atoms with Gasteiger partial charge in [0.25, 0.3) is 0 Å². The van der Waals surface area contributed by atoms with E-state index in [0.29, 0.717) is 0 Å². The van der Waals surface area contributed by atoms with Crippen molar-refractivity contribution in [2.75, 3.05) is 0 Å². The maximum Gasteiger partial charge on any atom is 0.309 e. The predicted octanol–water partition coefficient (Wildman–Crippen LogP) is 2.79. The number of carboxylic acid groups (broad SMARTS) is 1. The SMILES string of the molecule is CC(C)(C)OC(=O)[C@@H]1CC(C(=O)O)C[C@H](C(=O)OC(C)(C)C)C1. The van der Waals surface area contributed by atoms with E-state index in [-0.39, 0.29) is 19.3 Å². The molecule has 1 aliphatic carbocycles. The molecule has 1 N–H and O–H groups in total. The molecule has 1 aliphatic rings. The second kappa shape index (κ2) is 6.89. The predicted molar refractivity (Wildman–Crippen MR) is 83.6 cm³/mol. The van der Waals surface area contributed by atoms with E-state index < -0.39 is 46.9 Å². The smallest absolute Gasteiger partial charge is 0.309 e. The van der Waals surface area contributed by atoms with E-state index in [1.165, 1.54) is 0 Å². The Morgan fingerprint density at radius 2 is 1.04 bits per heavy atom. The molecule has 0 amide bonds. The van der Waals surface area contributed by atoms with Crippen LogP contribution in [0.25, 0.3) is 0 Å². The normalized spacial score (nSPS) is 25.6. The number of ether oxygens (including phenoxy) is 2. The van der Waals surface area contributed by atoms with E-state index in [0.717, 1.165) is 0 Å². The van der Waals surface area contributed by atoms with Crippen LogP contribution in [0.4, 0.5) is 0 Å². The van der Waals surface area contributed by atoms with Crippen molar-refractivity contribution in [1.82, 2.24) is 0 Å². The Bertz CT molecular complexity index is 432. The van der Waals surface area contributed by atoms with Gasteiger partial charge < -0.3 is 14.6 Å². The third kappa shape index (κ3) is 6.59. The first kappa shape index (κ1) is 19.5. The van der Waals surface area contributed by atoms with E-state index in [1.807, 2.05) is 0 Å². The minimum absolute atomic E-state index is 0.198. The zero-order valence-corrected chi connectivity index (χ0v) is 14.8. The summed E-state index contributed by atoms with van der Waals surface area (Å²) in [5.74, 6) is -3.82. The molecule has 1 saturated carbocycles. The van der Waals surface area contributed by atoms with Gasteiger partial charge in [0.2, 0.25) is 0 Å². The molecule has 1 rings (SSSR count). The Kier molecular flexibility index (Phi) is 5.83. The van der Waals surface area contributed by atoms with Crippen LogP contribution >= 0.6 is 0 Å². The first-order valence-electron chi connectivity index (χ1n) is 7.97. The lowest BCUT2D eigenvalue weighted by Crippen LogP contribution is -2.39. The molecule has 0 aliphatic heterocycles. The molecule has 0 aromatic carbocycles. The molecule has 0 aromatic heterocycles. The number of esters is 2. The van der Waals surface area contributed by atoms with Crippen molar-refractivity contribution in [3.8, 4) is 0 Å². The highest BCUT2D eigenvalue weighted by molar-refractivity contribution is 5.80. The van der Waals surface area contributed by atoms with Crippen LogP contribution in [-0.4, -0.2) is 34.2 Å². The largest absolute Gasteiger partial charge is 0.481 e. The van der Waals surface area contributed by atoms with Gasteiger partial charge in [-0.15, -0.1) is 0 Å². The van der Waals surface area contributed by atoms with E-state index in [2.05, 4.69) is 0 Å². The zero-order valence-electron chi connectivity index (χ0n) is 14.8. The summed E-state index contributed by atoms with van der Waals surface area (Å²) in [5.41, 5.74) is -1.29. The number of hydrogen-bond acceptors (Lipinski definition) is 5. The van der Waals surface area contributed by atoms with Crippen LogP contribution in [0.5, 0.6) is 0 Å². The van der Waals surface area contributed by atoms with Crippen molar-refractivity contribution >= 4 is 17.9 Å². The van der Waals surface area contributed by atoms with Gasteiger partial charge in [0.05, 0.1) is 17.8 Å². The fourth-order valence-corrected chi connectivity index (χ4v) is 2.68. The quantitative estimate of drug-likeness (QED) is 0.801. The third-order valence-electron chi connectivity index (χ3n) is 3.54. The van der Waals surface area contributed by atoms with E-state index in [1.54, 1.807) is 41.5 Å². The molecule has 3 atom stereocenters. The van der Waals surface area contributed by atoms with Crippen LogP contribution in [0.3, 0.4) is 0 Å². The lowest BCUT2D eigenvalue weighted by molar-refractivity contribution is -0.169. The number of carboxylic acids is 1. The molecule has 6 heteroatoms. The fourth-order valence-electron chi connectivity index (χ4n) is 2.68. The van der Waals surface area contributed by atoms with Gasteiger partial charge in [-0.1, -0.05) is 0 Å². The van der Waals surface area contributed by atoms with Crippen molar-refractivity contribution in [3.63, 3.8) is 0 Å². The summed E-state index contributed by atoms with van der Waals surface area (Å²) in [6, 6.07) is 0. The van der Waals surface area contributed by atoms with E-state index >= 15 is 0 Å². The summed E-state index contributed by atoms with van der Waals surface area (Å²) in [7, 11) is 0. The first-order valence-corrected chi connectivity index (χ1v) is 7.97. The number of aliphatic carboxylic acids is 1. The molecule has 132 valence electrons. The summed E-state index contributed by atoms with van der Waals surface area (Å²) in [5, 5.41) is 9.30. The van der Waals surface area contributed by atoms with E-state index in [4.69, 9.17) is 9.47 Å². The van der Waals surface area contributed by atoms with Crippen LogP contribution in [-0.2, 0) is 23.9 Å². The summed E-state index contributed by atoms with van der Waals surface area (Å²) >= 11 is 0. The number of carbonyl (C=O) groups excluding carboxylic acids is 2. The van der Waals surface area contributed by atoms with Gasteiger partial charge in [0.15, 0.2) is 0 Å². The molecule has 23 heavy (non-hydrogen) atoms. The zero-order chi connectivity index (χ0) is 18.0. The summed E-state index contributed by atoms with van der Waals surface area (Å²) in [4.78, 5) is 35.9. The number of carbonyl (C=O) groups is 3. The van der Waals surface area contributed by atoms with Crippen LogP contribution in [0.15, 0.2) is 0 Å². The maximum absolute atomic E-state index is 12.3. The highest BCUT2D eigenvalue weighted by Crippen LogP contribution is 2.36. The lowest BCUT2D eigenvalue weighted by Gasteiger charge is -2.33. The molecule has 0 bridgehead atoms. The Morgan fingerprint density at radius 1 is 0.739 bits per heavy atom. The van der Waals surface area contributed by atoms with Gasteiger partial charge in [-0.3, -0.25) is 14.4 Å². The Hall–Kier alpha value is -1.59. The Morgan fingerprint density at radius 3 is 1.30 bits per heavy atom. The van der Waals surface area contributed by atoms with Crippen LogP contribution in [0.2, 0.25) is 0 Å². The van der Waals surface area contributed by atoms with Crippen LogP contribution in [0.1, 0.15) is 60.8 Å². The second-order valence-electron chi connectivity index (χ2n) is 8.20. The fraction of sp³-hybridized carbons (Fsp3) is 0.824. The molecule has 0 spiro atoms. The van der Waals surface area contributed by atoms with Gasteiger partial charge in [0, 0.05) is 0 Å². The van der Waals surface area contributed by atoms with Gasteiger partial charge in [-0.05, 0) is 60.8 Å². The Labute approximate surface area is 137 Å². The van der Waals surface area contributed by atoms with Gasteiger partial charge in [-0.25, -0.2) is 0 Å². The average molecular weight is 328 g/mol. The van der Waals surface area contributed by atoms with Gasteiger partial charge in [-0.2, -0.15) is 0 Å². The van der Waals surface area contributed by atoms with E-state index in [9.17, 15) is 19.5 Å². The summed E-state index contributed by atoms with van der Waals surface area (Å²) in [6.07, 6.45) is 0.667. The molecule has 0 radical (unpaired) electrons. The van der Waals surface area contributed by atoms with Crippen LogP contribution < -0.4 is 0 Å². The molecule has 0 aromatic rings. The molecule has 1 unspecified atom stereocenters. The standard InChI is InChI=1S/C17H28O6/c1-16(2,3)22-14(20)11-7-10(13(18)19)8-12(9-11)15(21)23-17(4,5)6/h10-12H,7-9H2,1-6H3,(H,18,19)/t10?,11-,12+. The van der Waals surface area contributed by atoms with Crippen LogP contribution in [0, 0.1) is 17.8 Å². The van der Waals surface area contributed by atoms with Crippen molar-refractivity contribution in [2.24, 2.45) is 17.8 Å². The molecular formula is C17H28O6. The highest BCUT2D eigenvalue weighted by Gasteiger charge is 2.41. The monoisotopic (exact) mass is 328 g/mol. The van der Waals surface area contributed by atoms with Crippen molar-refractivity contribution < 1.29 is 29.0 Å². The van der Waals surface area contributed by atoms with Gasteiger partial charge >= 0.3 is 17.9 Å². The molecule has 0 heterocycles. The summed E-state index contributed by atoms with van der Waals surface area (Å²) in [6.45, 7) is 10.5. The molecule has 1 fully saturated rings. The topological polar surface area (TPSA) is 89.9 Å². The molecule has 6 nitrogen and oxygen atoms in total. The molecule has 0 saturated heterocycles. The molecular weight excluding hydrogens is 300 g/mol. The lowest BCUT2D eigenvalue weighted by atomic mass is 9.75.